The summed E-state index contributed by atoms with van der Waals surface area (Å²) >= 11 is 0. The van der Waals surface area contributed by atoms with E-state index >= 15 is 0 Å². The van der Waals surface area contributed by atoms with Crippen LogP contribution in [0.2, 0.25) is 0 Å². The molecule has 1 aliphatic heterocycles. The Hall–Kier alpha value is -2.08. The van der Waals surface area contributed by atoms with Gasteiger partial charge < -0.3 is 20.1 Å². The lowest BCUT2D eigenvalue weighted by Crippen LogP contribution is -2.43. The summed E-state index contributed by atoms with van der Waals surface area (Å²) in [6.45, 7) is 5.91. The van der Waals surface area contributed by atoms with Crippen LogP contribution in [0, 0.1) is 0 Å². The smallest absolute Gasteiger partial charge is 0.408 e. The van der Waals surface area contributed by atoms with E-state index in [1.807, 2.05) is 18.2 Å². The number of carbonyl (C=O) groups excluding carboxylic acids is 2. The van der Waals surface area contributed by atoms with Crippen molar-refractivity contribution in [3.63, 3.8) is 0 Å². The summed E-state index contributed by atoms with van der Waals surface area (Å²) in [5, 5.41) is 12.5. The Kier molecular flexibility index (Phi) is 4.25. The molecular formula is C18H24N2O4. The van der Waals surface area contributed by atoms with E-state index in [0.29, 0.717) is 13.0 Å². The van der Waals surface area contributed by atoms with Gasteiger partial charge in [0.1, 0.15) is 11.6 Å². The van der Waals surface area contributed by atoms with E-state index in [2.05, 4.69) is 5.32 Å². The third-order valence-electron chi connectivity index (χ3n) is 4.38. The summed E-state index contributed by atoms with van der Waals surface area (Å²) in [4.78, 5) is 26.1. The fraction of sp³-hybridized carbons (Fsp3) is 0.556. The number of hydrogen-bond donors (Lipinski definition) is 2. The zero-order chi connectivity index (χ0) is 17.5. The highest BCUT2D eigenvalue weighted by Crippen LogP contribution is 2.34. The third kappa shape index (κ3) is 3.38. The number of alkyl carbamates (subject to hydrolysis) is 1. The SMILES string of the molecule is CC(C)(C)OC(=O)N[C@H]1CCN(c2ccc3c(c2)CCC3O)C1=O. The molecule has 1 saturated heterocycles. The Labute approximate surface area is 141 Å². The van der Waals surface area contributed by atoms with E-state index in [-0.39, 0.29) is 5.91 Å². The quantitative estimate of drug-likeness (QED) is 0.871. The van der Waals surface area contributed by atoms with Crippen molar-refractivity contribution in [3.05, 3.63) is 29.3 Å². The highest BCUT2D eigenvalue weighted by molar-refractivity contribution is 6.01. The second-order valence-electron chi connectivity index (χ2n) is 7.41. The monoisotopic (exact) mass is 332 g/mol. The molecule has 0 radical (unpaired) electrons. The molecule has 2 N–H and O–H groups in total. The number of rotatable bonds is 2. The number of aryl methyl sites for hydroxylation is 1. The molecule has 24 heavy (non-hydrogen) atoms. The van der Waals surface area contributed by atoms with Gasteiger partial charge in [0.2, 0.25) is 5.91 Å². The van der Waals surface area contributed by atoms with E-state index < -0.39 is 23.8 Å². The number of benzene rings is 1. The van der Waals surface area contributed by atoms with Crippen molar-refractivity contribution >= 4 is 17.7 Å². The first-order valence-electron chi connectivity index (χ1n) is 8.36. The predicted molar refractivity (Wildman–Crippen MR) is 89.9 cm³/mol. The number of hydrogen-bond acceptors (Lipinski definition) is 4. The zero-order valence-electron chi connectivity index (χ0n) is 14.3. The molecule has 1 unspecified atom stereocenters. The summed E-state index contributed by atoms with van der Waals surface area (Å²) in [6, 6.07) is 5.17. The first-order chi connectivity index (χ1) is 11.2. The molecule has 0 spiro atoms. The van der Waals surface area contributed by atoms with Gasteiger partial charge in [-0.05, 0) is 63.3 Å². The number of fused-ring (bicyclic) bond motifs is 1. The van der Waals surface area contributed by atoms with Gasteiger partial charge in [0.25, 0.3) is 0 Å². The van der Waals surface area contributed by atoms with Gasteiger partial charge in [0.15, 0.2) is 0 Å². The molecule has 0 bridgehead atoms. The number of nitrogens with zero attached hydrogens (tertiary/aromatic N) is 1. The Morgan fingerprint density at radius 2 is 2.08 bits per heavy atom. The van der Waals surface area contributed by atoms with Crippen LogP contribution in [0.4, 0.5) is 10.5 Å². The Balaban J connectivity index is 1.67. The van der Waals surface area contributed by atoms with E-state index in [9.17, 15) is 14.7 Å². The predicted octanol–water partition coefficient (Wildman–Crippen LogP) is 2.30. The maximum atomic E-state index is 12.6. The van der Waals surface area contributed by atoms with E-state index in [1.54, 1.807) is 25.7 Å². The molecule has 1 aromatic carbocycles. The third-order valence-corrected chi connectivity index (χ3v) is 4.38. The second kappa shape index (κ2) is 6.09. The van der Waals surface area contributed by atoms with Crippen LogP contribution < -0.4 is 10.2 Å². The van der Waals surface area contributed by atoms with Crippen LogP contribution in [0.3, 0.4) is 0 Å². The topological polar surface area (TPSA) is 78.9 Å². The van der Waals surface area contributed by atoms with Gasteiger partial charge in [-0.15, -0.1) is 0 Å². The molecule has 1 aliphatic carbocycles. The molecule has 0 saturated carbocycles. The number of anilines is 1. The zero-order valence-corrected chi connectivity index (χ0v) is 14.3. The molecule has 1 heterocycles. The van der Waals surface area contributed by atoms with Crippen molar-refractivity contribution in [2.45, 2.75) is 57.8 Å². The van der Waals surface area contributed by atoms with Crippen molar-refractivity contribution in [2.24, 2.45) is 0 Å². The first-order valence-corrected chi connectivity index (χ1v) is 8.36. The van der Waals surface area contributed by atoms with E-state index in [4.69, 9.17) is 4.74 Å². The summed E-state index contributed by atoms with van der Waals surface area (Å²) in [6.07, 6.45) is 1.14. The number of aliphatic hydroxyl groups excluding tert-OH is 1. The Bertz CT molecular complexity index is 665. The minimum absolute atomic E-state index is 0.126. The van der Waals surface area contributed by atoms with Gasteiger partial charge in [-0.25, -0.2) is 4.79 Å². The molecule has 130 valence electrons. The summed E-state index contributed by atoms with van der Waals surface area (Å²) < 4.78 is 5.21. The van der Waals surface area contributed by atoms with Crippen molar-refractivity contribution in [1.82, 2.24) is 5.32 Å². The molecule has 1 aromatic rings. The largest absolute Gasteiger partial charge is 0.444 e. The molecule has 3 rings (SSSR count). The van der Waals surface area contributed by atoms with E-state index in [0.717, 1.165) is 29.7 Å². The maximum Gasteiger partial charge on any atom is 0.408 e. The van der Waals surface area contributed by atoms with E-state index in [1.165, 1.54) is 0 Å². The number of aliphatic hydroxyl groups is 1. The van der Waals surface area contributed by atoms with Crippen molar-refractivity contribution in [3.8, 4) is 0 Å². The molecule has 2 amide bonds. The summed E-state index contributed by atoms with van der Waals surface area (Å²) in [7, 11) is 0. The maximum absolute atomic E-state index is 12.6. The van der Waals surface area contributed by atoms with Crippen LogP contribution in [-0.4, -0.2) is 35.3 Å². The van der Waals surface area contributed by atoms with Gasteiger partial charge in [-0.2, -0.15) is 0 Å². The molecule has 0 aromatic heterocycles. The normalized spacial score (nSPS) is 23.3. The first kappa shape index (κ1) is 16.8. The molecule has 6 heteroatoms. The summed E-state index contributed by atoms with van der Waals surface area (Å²) in [5.41, 5.74) is 2.28. The van der Waals surface area contributed by atoms with Crippen molar-refractivity contribution in [2.75, 3.05) is 11.4 Å². The highest BCUT2D eigenvalue weighted by Gasteiger charge is 2.35. The highest BCUT2D eigenvalue weighted by atomic mass is 16.6. The number of amides is 2. The van der Waals surface area contributed by atoms with Crippen LogP contribution in [0.5, 0.6) is 0 Å². The average Bonchev–Trinajstić information content (AvgIpc) is 3.01. The molecule has 2 aliphatic rings. The van der Waals surface area contributed by atoms with Crippen LogP contribution >= 0.6 is 0 Å². The standard InChI is InChI=1S/C18H24N2O4/c1-18(2,3)24-17(23)19-14-8-9-20(16(14)22)12-5-6-13-11(10-12)4-7-15(13)21/h5-6,10,14-15,21H,4,7-9H2,1-3H3,(H,19,23)/t14-,15?/m0/s1. The van der Waals surface area contributed by atoms with Gasteiger partial charge in [-0.1, -0.05) is 6.07 Å². The second-order valence-corrected chi connectivity index (χ2v) is 7.41. The van der Waals surface area contributed by atoms with Crippen LogP contribution in [0.15, 0.2) is 18.2 Å². The minimum Gasteiger partial charge on any atom is -0.444 e. The molecular weight excluding hydrogens is 308 g/mol. The van der Waals surface area contributed by atoms with Crippen LogP contribution in [0.1, 0.15) is 50.8 Å². The lowest BCUT2D eigenvalue weighted by atomic mass is 10.1. The van der Waals surface area contributed by atoms with Crippen LogP contribution in [0.25, 0.3) is 0 Å². The van der Waals surface area contributed by atoms with Gasteiger partial charge in [0.05, 0.1) is 6.10 Å². The minimum atomic E-state index is -0.591. The lowest BCUT2D eigenvalue weighted by molar-refractivity contribution is -0.118. The van der Waals surface area contributed by atoms with Gasteiger partial charge >= 0.3 is 6.09 Å². The number of ether oxygens (including phenoxy) is 1. The molecule has 6 nitrogen and oxygen atoms in total. The van der Waals surface area contributed by atoms with Gasteiger partial charge in [0, 0.05) is 12.2 Å². The fourth-order valence-corrected chi connectivity index (χ4v) is 3.27. The molecule has 1 fully saturated rings. The average molecular weight is 332 g/mol. The lowest BCUT2D eigenvalue weighted by Gasteiger charge is -2.22. The number of carbonyl (C=O) groups is 2. The van der Waals surface area contributed by atoms with Crippen molar-refractivity contribution < 1.29 is 19.4 Å². The number of nitrogens with one attached hydrogen (secondary N) is 1. The Morgan fingerprint density at radius 3 is 2.79 bits per heavy atom. The van der Waals surface area contributed by atoms with Crippen molar-refractivity contribution in [1.29, 1.82) is 0 Å². The molecule has 2 atom stereocenters. The Morgan fingerprint density at radius 1 is 1.33 bits per heavy atom. The van der Waals surface area contributed by atoms with Crippen LogP contribution in [-0.2, 0) is 16.0 Å². The fourth-order valence-electron chi connectivity index (χ4n) is 3.27. The summed E-state index contributed by atoms with van der Waals surface area (Å²) in [5.74, 6) is -0.126. The van der Waals surface area contributed by atoms with Gasteiger partial charge in [-0.3, -0.25) is 4.79 Å².